The molecule has 3 rings (SSSR count). The van der Waals surface area contributed by atoms with E-state index in [1.807, 2.05) is 6.20 Å². The molecule has 1 aromatic rings. The third-order valence-electron chi connectivity index (χ3n) is 4.31. The smallest absolute Gasteiger partial charge is 0.131 e. The number of anilines is 1. The van der Waals surface area contributed by atoms with Gasteiger partial charge < -0.3 is 15.5 Å². The first kappa shape index (κ1) is 11.9. The van der Waals surface area contributed by atoms with Gasteiger partial charge >= 0.3 is 0 Å². The van der Waals surface area contributed by atoms with E-state index in [0.717, 1.165) is 44.8 Å². The molecule has 4 nitrogen and oxygen atoms in total. The van der Waals surface area contributed by atoms with Crippen LogP contribution in [0.4, 0.5) is 5.82 Å². The van der Waals surface area contributed by atoms with Gasteiger partial charge in [-0.25, -0.2) is 4.98 Å². The van der Waals surface area contributed by atoms with Crippen LogP contribution >= 0.6 is 0 Å². The molecule has 1 aliphatic heterocycles. The Morgan fingerprint density at radius 3 is 2.50 bits per heavy atom. The quantitative estimate of drug-likeness (QED) is 0.848. The average molecular weight is 246 g/mol. The van der Waals surface area contributed by atoms with E-state index in [4.69, 9.17) is 5.73 Å². The van der Waals surface area contributed by atoms with E-state index in [9.17, 15) is 0 Å². The van der Waals surface area contributed by atoms with Crippen molar-refractivity contribution < 1.29 is 0 Å². The summed E-state index contributed by atoms with van der Waals surface area (Å²) >= 11 is 0. The van der Waals surface area contributed by atoms with Crippen LogP contribution in [0.1, 0.15) is 24.0 Å². The lowest BCUT2D eigenvalue weighted by Crippen LogP contribution is -2.45. The van der Waals surface area contributed by atoms with Gasteiger partial charge in [-0.1, -0.05) is 0 Å². The van der Waals surface area contributed by atoms with Crippen molar-refractivity contribution >= 4 is 5.82 Å². The van der Waals surface area contributed by atoms with Crippen LogP contribution in [0.25, 0.3) is 0 Å². The fourth-order valence-electron chi connectivity index (χ4n) is 2.81. The van der Waals surface area contributed by atoms with Crippen LogP contribution in [0.5, 0.6) is 0 Å². The monoisotopic (exact) mass is 246 g/mol. The van der Waals surface area contributed by atoms with Gasteiger partial charge in [-0.2, -0.15) is 0 Å². The summed E-state index contributed by atoms with van der Waals surface area (Å²) in [6.45, 7) is 6.51. The molecular weight excluding hydrogens is 224 g/mol. The van der Waals surface area contributed by atoms with Gasteiger partial charge in [0, 0.05) is 37.9 Å². The fourth-order valence-corrected chi connectivity index (χ4v) is 2.81. The number of pyridine rings is 1. The van der Waals surface area contributed by atoms with Crippen molar-refractivity contribution in [3.05, 3.63) is 23.4 Å². The molecule has 1 saturated heterocycles. The lowest BCUT2D eigenvalue weighted by Gasteiger charge is -2.34. The molecule has 2 N–H and O–H groups in total. The number of nitrogens with two attached hydrogens (primary N) is 1. The molecule has 1 aromatic heterocycles. The molecule has 2 aliphatic rings. The van der Waals surface area contributed by atoms with Crippen molar-refractivity contribution in [3.63, 3.8) is 0 Å². The minimum atomic E-state index is -0.0612. The number of rotatable bonds is 2. The SMILES string of the molecule is Cc1c(C2(N)CC2)ccnc1N1CCN(C)CC1. The first-order valence-corrected chi connectivity index (χ1v) is 6.79. The van der Waals surface area contributed by atoms with Crippen LogP contribution in [0.15, 0.2) is 12.3 Å². The standard InChI is InChI=1S/C14H22N4/c1-11-12(14(15)4-5-14)3-6-16-13(11)18-9-7-17(2)8-10-18/h3,6H,4-5,7-10,15H2,1-2H3. The maximum absolute atomic E-state index is 6.33. The van der Waals surface area contributed by atoms with Crippen molar-refractivity contribution in [2.75, 3.05) is 38.1 Å². The van der Waals surface area contributed by atoms with E-state index >= 15 is 0 Å². The van der Waals surface area contributed by atoms with Gasteiger partial charge in [-0.15, -0.1) is 0 Å². The minimum Gasteiger partial charge on any atom is -0.354 e. The predicted molar refractivity (Wildman–Crippen MR) is 73.8 cm³/mol. The fraction of sp³-hybridized carbons (Fsp3) is 0.643. The minimum absolute atomic E-state index is 0.0612. The summed E-state index contributed by atoms with van der Waals surface area (Å²) in [5.74, 6) is 1.14. The molecule has 18 heavy (non-hydrogen) atoms. The normalized spacial score (nSPS) is 23.2. The summed E-state index contributed by atoms with van der Waals surface area (Å²) < 4.78 is 0. The van der Waals surface area contributed by atoms with Crippen LogP contribution in [0, 0.1) is 6.92 Å². The van der Waals surface area contributed by atoms with Crippen molar-refractivity contribution in [2.45, 2.75) is 25.3 Å². The van der Waals surface area contributed by atoms with Gasteiger partial charge in [0.1, 0.15) is 5.82 Å². The molecule has 1 aliphatic carbocycles. The number of hydrogen-bond acceptors (Lipinski definition) is 4. The van der Waals surface area contributed by atoms with Crippen LogP contribution in [0.2, 0.25) is 0 Å². The first-order chi connectivity index (χ1) is 8.60. The van der Waals surface area contributed by atoms with E-state index in [1.54, 1.807) is 0 Å². The molecule has 1 saturated carbocycles. The summed E-state index contributed by atoms with van der Waals surface area (Å²) in [5, 5.41) is 0. The third-order valence-corrected chi connectivity index (χ3v) is 4.31. The van der Waals surface area contributed by atoms with E-state index in [1.165, 1.54) is 11.1 Å². The number of aromatic nitrogens is 1. The van der Waals surface area contributed by atoms with Gasteiger partial charge in [0.15, 0.2) is 0 Å². The van der Waals surface area contributed by atoms with Gasteiger partial charge in [0.25, 0.3) is 0 Å². The van der Waals surface area contributed by atoms with E-state index in [2.05, 4.69) is 34.8 Å². The summed E-state index contributed by atoms with van der Waals surface area (Å²) in [4.78, 5) is 9.34. The molecule has 2 fully saturated rings. The lowest BCUT2D eigenvalue weighted by atomic mass is 10.0. The Balaban J connectivity index is 1.88. The second kappa shape index (κ2) is 4.21. The molecule has 0 spiro atoms. The zero-order chi connectivity index (χ0) is 12.8. The summed E-state index contributed by atoms with van der Waals surface area (Å²) in [6.07, 6.45) is 4.14. The molecular formula is C14H22N4. The van der Waals surface area contributed by atoms with Crippen molar-refractivity contribution in [2.24, 2.45) is 5.73 Å². The van der Waals surface area contributed by atoms with E-state index in [0.29, 0.717) is 0 Å². The maximum atomic E-state index is 6.33. The van der Waals surface area contributed by atoms with Crippen LogP contribution in [-0.4, -0.2) is 43.1 Å². The van der Waals surface area contributed by atoms with Crippen molar-refractivity contribution in [1.29, 1.82) is 0 Å². The highest BCUT2D eigenvalue weighted by Crippen LogP contribution is 2.45. The highest BCUT2D eigenvalue weighted by molar-refractivity contribution is 5.53. The second-order valence-corrected chi connectivity index (χ2v) is 5.75. The largest absolute Gasteiger partial charge is 0.354 e. The molecule has 0 aromatic carbocycles. The van der Waals surface area contributed by atoms with Crippen molar-refractivity contribution in [3.8, 4) is 0 Å². The maximum Gasteiger partial charge on any atom is 0.131 e. The van der Waals surface area contributed by atoms with E-state index < -0.39 is 0 Å². The number of piperazine rings is 1. The van der Waals surface area contributed by atoms with Crippen LogP contribution in [-0.2, 0) is 5.54 Å². The van der Waals surface area contributed by atoms with Crippen LogP contribution in [0.3, 0.4) is 0 Å². The average Bonchev–Trinajstić information content (AvgIpc) is 3.10. The summed E-state index contributed by atoms with van der Waals surface area (Å²) in [5.41, 5.74) is 8.85. The van der Waals surface area contributed by atoms with Gasteiger partial charge in [0.2, 0.25) is 0 Å². The Kier molecular flexibility index (Phi) is 2.79. The molecule has 98 valence electrons. The molecule has 0 amide bonds. The summed E-state index contributed by atoms with van der Waals surface area (Å²) in [6, 6.07) is 2.10. The van der Waals surface area contributed by atoms with Gasteiger partial charge in [0.05, 0.1) is 0 Å². The third kappa shape index (κ3) is 1.99. The topological polar surface area (TPSA) is 45.4 Å². The molecule has 4 heteroatoms. The Morgan fingerprint density at radius 2 is 1.89 bits per heavy atom. The highest BCUT2D eigenvalue weighted by atomic mass is 15.3. The second-order valence-electron chi connectivity index (χ2n) is 5.75. The Morgan fingerprint density at radius 1 is 1.22 bits per heavy atom. The molecule has 2 heterocycles. The lowest BCUT2D eigenvalue weighted by molar-refractivity contribution is 0.312. The predicted octanol–water partition coefficient (Wildman–Crippen LogP) is 1.09. The van der Waals surface area contributed by atoms with Crippen molar-refractivity contribution in [1.82, 2.24) is 9.88 Å². The molecule has 0 bridgehead atoms. The molecule has 0 unspecified atom stereocenters. The summed E-state index contributed by atoms with van der Waals surface area (Å²) in [7, 11) is 2.17. The Hall–Kier alpha value is -1.13. The Bertz CT molecular complexity index is 445. The zero-order valence-electron chi connectivity index (χ0n) is 11.3. The van der Waals surface area contributed by atoms with Gasteiger partial charge in [-0.3, -0.25) is 0 Å². The van der Waals surface area contributed by atoms with E-state index in [-0.39, 0.29) is 5.54 Å². The molecule has 0 radical (unpaired) electrons. The number of likely N-dealkylation sites (N-methyl/N-ethyl adjacent to an activating group) is 1. The first-order valence-electron chi connectivity index (χ1n) is 6.79. The zero-order valence-corrected chi connectivity index (χ0v) is 11.3. The highest BCUT2D eigenvalue weighted by Gasteiger charge is 2.41. The number of hydrogen-bond donors (Lipinski definition) is 1. The van der Waals surface area contributed by atoms with Gasteiger partial charge in [-0.05, 0) is 44.0 Å². The number of nitrogens with zero attached hydrogens (tertiary/aromatic N) is 3. The molecule has 0 atom stereocenters. The Labute approximate surface area is 109 Å². The van der Waals surface area contributed by atoms with Crippen LogP contribution < -0.4 is 10.6 Å².